The van der Waals surface area contributed by atoms with E-state index in [0.717, 1.165) is 16.3 Å². The smallest absolute Gasteiger partial charge is 0.254 e. The van der Waals surface area contributed by atoms with Gasteiger partial charge in [0.1, 0.15) is 5.82 Å². The molecule has 2 heterocycles. The SMILES string of the molecule is O=C(NCCc1nc(-c2ccncc2)cs1)c1ccccc1F. The molecule has 1 aromatic carbocycles. The summed E-state index contributed by atoms with van der Waals surface area (Å²) in [5, 5.41) is 5.61. The molecule has 0 aliphatic rings. The van der Waals surface area contributed by atoms with Crippen LogP contribution in [-0.4, -0.2) is 22.4 Å². The summed E-state index contributed by atoms with van der Waals surface area (Å²) < 4.78 is 13.5. The van der Waals surface area contributed by atoms with Crippen molar-refractivity contribution in [2.75, 3.05) is 6.54 Å². The van der Waals surface area contributed by atoms with Gasteiger partial charge >= 0.3 is 0 Å². The first-order valence-corrected chi connectivity index (χ1v) is 7.99. The molecule has 0 radical (unpaired) electrons. The number of pyridine rings is 1. The van der Waals surface area contributed by atoms with Crippen molar-refractivity contribution in [3.05, 3.63) is 70.6 Å². The maximum absolute atomic E-state index is 13.5. The van der Waals surface area contributed by atoms with Crippen LogP contribution < -0.4 is 5.32 Å². The lowest BCUT2D eigenvalue weighted by atomic mass is 10.2. The van der Waals surface area contributed by atoms with Gasteiger partial charge in [-0.1, -0.05) is 12.1 Å². The van der Waals surface area contributed by atoms with Gasteiger partial charge in [-0.05, 0) is 24.3 Å². The molecule has 3 rings (SSSR count). The van der Waals surface area contributed by atoms with Gasteiger partial charge < -0.3 is 5.32 Å². The summed E-state index contributed by atoms with van der Waals surface area (Å²) in [6.07, 6.45) is 4.06. The van der Waals surface area contributed by atoms with Crippen LogP contribution in [0.3, 0.4) is 0 Å². The number of carbonyl (C=O) groups is 1. The zero-order chi connectivity index (χ0) is 16.1. The van der Waals surface area contributed by atoms with Gasteiger partial charge in [-0.15, -0.1) is 11.3 Å². The van der Waals surface area contributed by atoms with Gasteiger partial charge in [-0.3, -0.25) is 9.78 Å². The van der Waals surface area contributed by atoms with Gasteiger partial charge in [0.25, 0.3) is 5.91 Å². The molecule has 0 aliphatic heterocycles. The van der Waals surface area contributed by atoms with Crippen LogP contribution in [0.5, 0.6) is 0 Å². The molecule has 0 unspecified atom stereocenters. The third-order valence-electron chi connectivity index (χ3n) is 3.27. The Morgan fingerprint density at radius 1 is 1.17 bits per heavy atom. The number of benzene rings is 1. The summed E-state index contributed by atoms with van der Waals surface area (Å²) in [7, 11) is 0. The second-order valence-electron chi connectivity index (χ2n) is 4.85. The molecule has 0 spiro atoms. The molecule has 0 atom stereocenters. The second-order valence-corrected chi connectivity index (χ2v) is 5.79. The van der Waals surface area contributed by atoms with Crippen molar-refractivity contribution < 1.29 is 9.18 Å². The summed E-state index contributed by atoms with van der Waals surface area (Å²) >= 11 is 1.54. The normalized spacial score (nSPS) is 10.5. The number of aromatic nitrogens is 2. The number of carbonyl (C=O) groups excluding carboxylic acids is 1. The van der Waals surface area contributed by atoms with E-state index in [2.05, 4.69) is 15.3 Å². The fraction of sp³-hybridized carbons (Fsp3) is 0.118. The summed E-state index contributed by atoms with van der Waals surface area (Å²) in [6.45, 7) is 0.413. The highest BCUT2D eigenvalue weighted by molar-refractivity contribution is 7.09. The molecule has 3 aromatic rings. The highest BCUT2D eigenvalue weighted by Gasteiger charge is 2.10. The van der Waals surface area contributed by atoms with Crippen molar-refractivity contribution in [2.45, 2.75) is 6.42 Å². The van der Waals surface area contributed by atoms with Crippen molar-refractivity contribution in [3.63, 3.8) is 0 Å². The highest BCUT2D eigenvalue weighted by atomic mass is 32.1. The Morgan fingerprint density at radius 2 is 1.96 bits per heavy atom. The van der Waals surface area contributed by atoms with Crippen LogP contribution in [0, 0.1) is 5.82 Å². The van der Waals surface area contributed by atoms with Gasteiger partial charge in [-0.25, -0.2) is 9.37 Å². The maximum atomic E-state index is 13.5. The first kappa shape index (κ1) is 15.3. The van der Waals surface area contributed by atoms with E-state index in [1.54, 1.807) is 24.5 Å². The molecule has 0 saturated heterocycles. The monoisotopic (exact) mass is 327 g/mol. The molecular formula is C17H14FN3OS. The topological polar surface area (TPSA) is 54.9 Å². The number of nitrogens with one attached hydrogen (secondary N) is 1. The molecule has 0 bridgehead atoms. The van der Waals surface area contributed by atoms with Crippen LogP contribution in [-0.2, 0) is 6.42 Å². The van der Waals surface area contributed by atoms with E-state index in [0.29, 0.717) is 13.0 Å². The number of hydrogen-bond acceptors (Lipinski definition) is 4. The zero-order valence-corrected chi connectivity index (χ0v) is 13.0. The largest absolute Gasteiger partial charge is 0.352 e. The molecule has 1 N–H and O–H groups in total. The Hall–Kier alpha value is -2.60. The van der Waals surface area contributed by atoms with E-state index in [4.69, 9.17) is 0 Å². The van der Waals surface area contributed by atoms with Crippen molar-refractivity contribution in [3.8, 4) is 11.3 Å². The van der Waals surface area contributed by atoms with Crippen molar-refractivity contribution in [1.82, 2.24) is 15.3 Å². The number of thiazole rings is 1. The van der Waals surface area contributed by atoms with Crippen molar-refractivity contribution in [2.24, 2.45) is 0 Å². The average molecular weight is 327 g/mol. The minimum absolute atomic E-state index is 0.0594. The van der Waals surface area contributed by atoms with Crippen LogP contribution in [0.25, 0.3) is 11.3 Å². The lowest BCUT2D eigenvalue weighted by Crippen LogP contribution is -2.26. The average Bonchev–Trinajstić information content (AvgIpc) is 3.05. The number of amides is 1. The molecule has 116 valence electrons. The van der Waals surface area contributed by atoms with E-state index in [9.17, 15) is 9.18 Å². The summed E-state index contributed by atoms with van der Waals surface area (Å²) in [5.41, 5.74) is 1.97. The fourth-order valence-electron chi connectivity index (χ4n) is 2.10. The Morgan fingerprint density at radius 3 is 2.74 bits per heavy atom. The molecule has 0 saturated carbocycles. The third kappa shape index (κ3) is 3.78. The maximum Gasteiger partial charge on any atom is 0.254 e. The van der Waals surface area contributed by atoms with Crippen LogP contribution in [0.1, 0.15) is 15.4 Å². The number of nitrogens with zero attached hydrogens (tertiary/aromatic N) is 2. The zero-order valence-electron chi connectivity index (χ0n) is 12.2. The van der Waals surface area contributed by atoms with E-state index in [1.165, 1.54) is 23.5 Å². The molecule has 4 nitrogen and oxygen atoms in total. The first-order valence-electron chi connectivity index (χ1n) is 7.11. The quantitative estimate of drug-likeness (QED) is 0.782. The van der Waals surface area contributed by atoms with E-state index in [-0.39, 0.29) is 5.56 Å². The number of hydrogen-bond donors (Lipinski definition) is 1. The van der Waals surface area contributed by atoms with Crippen LogP contribution in [0.4, 0.5) is 4.39 Å². The number of halogens is 1. The Labute approximate surface area is 137 Å². The predicted molar refractivity (Wildman–Crippen MR) is 87.8 cm³/mol. The van der Waals surface area contributed by atoms with E-state index >= 15 is 0 Å². The van der Waals surface area contributed by atoms with Crippen LogP contribution >= 0.6 is 11.3 Å². The molecule has 0 fully saturated rings. The predicted octanol–water partition coefficient (Wildman–Crippen LogP) is 3.32. The lowest BCUT2D eigenvalue weighted by molar-refractivity contribution is 0.0950. The first-order chi connectivity index (χ1) is 11.2. The highest BCUT2D eigenvalue weighted by Crippen LogP contribution is 2.21. The van der Waals surface area contributed by atoms with Crippen molar-refractivity contribution >= 4 is 17.2 Å². The molecule has 1 amide bonds. The van der Waals surface area contributed by atoms with Crippen molar-refractivity contribution in [1.29, 1.82) is 0 Å². The summed E-state index contributed by atoms with van der Waals surface area (Å²) in [5.74, 6) is -0.923. The fourth-order valence-corrected chi connectivity index (χ4v) is 2.91. The Kier molecular flexibility index (Phi) is 4.73. The van der Waals surface area contributed by atoms with Crippen LogP contribution in [0.15, 0.2) is 54.2 Å². The van der Waals surface area contributed by atoms with Gasteiger partial charge in [0.15, 0.2) is 0 Å². The van der Waals surface area contributed by atoms with Gasteiger partial charge in [0, 0.05) is 36.3 Å². The Balaban J connectivity index is 1.56. The van der Waals surface area contributed by atoms with Gasteiger partial charge in [-0.2, -0.15) is 0 Å². The molecular weight excluding hydrogens is 313 g/mol. The Bertz CT molecular complexity index is 804. The minimum atomic E-state index is -0.515. The molecule has 23 heavy (non-hydrogen) atoms. The minimum Gasteiger partial charge on any atom is -0.352 e. The van der Waals surface area contributed by atoms with Crippen LogP contribution in [0.2, 0.25) is 0 Å². The second kappa shape index (κ2) is 7.11. The van der Waals surface area contributed by atoms with Gasteiger partial charge in [0.2, 0.25) is 0 Å². The van der Waals surface area contributed by atoms with E-state index in [1.807, 2.05) is 17.5 Å². The standard InChI is InChI=1S/C17H14FN3OS/c18-14-4-2-1-3-13(14)17(22)20-10-7-16-21-15(11-23-16)12-5-8-19-9-6-12/h1-6,8-9,11H,7,10H2,(H,20,22). The van der Waals surface area contributed by atoms with Gasteiger partial charge in [0.05, 0.1) is 16.3 Å². The molecule has 6 heteroatoms. The number of rotatable bonds is 5. The third-order valence-corrected chi connectivity index (χ3v) is 4.18. The summed E-state index contributed by atoms with van der Waals surface area (Å²) in [4.78, 5) is 20.4. The van der Waals surface area contributed by atoms with E-state index < -0.39 is 11.7 Å². The molecule has 2 aromatic heterocycles. The summed E-state index contributed by atoms with van der Waals surface area (Å²) in [6, 6.07) is 9.74. The molecule has 0 aliphatic carbocycles. The lowest BCUT2D eigenvalue weighted by Gasteiger charge is -2.04.